The average Bonchev–Trinajstić information content (AvgIpc) is 2.95. The molecule has 2 N–H and O–H groups in total. The van der Waals surface area contributed by atoms with Gasteiger partial charge in [0.05, 0.1) is 12.6 Å². The van der Waals surface area contributed by atoms with Gasteiger partial charge in [0.1, 0.15) is 0 Å². The lowest BCUT2D eigenvalue weighted by Crippen LogP contribution is -2.44. The summed E-state index contributed by atoms with van der Waals surface area (Å²) in [6.45, 7) is 6.95. The van der Waals surface area contributed by atoms with Crippen LogP contribution in [0.15, 0.2) is 24.4 Å². The van der Waals surface area contributed by atoms with Gasteiger partial charge in [0.25, 0.3) is 0 Å². The molecule has 7 heteroatoms. The van der Waals surface area contributed by atoms with Crippen molar-refractivity contribution in [2.75, 3.05) is 19.7 Å². The van der Waals surface area contributed by atoms with E-state index in [1.165, 1.54) is 0 Å². The smallest absolute Gasteiger partial charge is 0.318 e. The van der Waals surface area contributed by atoms with Crippen LogP contribution in [0.1, 0.15) is 39.1 Å². The van der Waals surface area contributed by atoms with Gasteiger partial charge in [-0.05, 0) is 24.5 Å². The van der Waals surface area contributed by atoms with Crippen LogP contribution in [0, 0.1) is 5.92 Å². The van der Waals surface area contributed by atoms with Crippen LogP contribution >= 0.6 is 0 Å². The van der Waals surface area contributed by atoms with Gasteiger partial charge < -0.3 is 15.3 Å². The monoisotopic (exact) mass is 319 g/mol. The van der Waals surface area contributed by atoms with Crippen molar-refractivity contribution in [1.29, 1.82) is 0 Å². The number of carbonyl (C=O) groups is 1. The molecule has 126 valence electrons. The summed E-state index contributed by atoms with van der Waals surface area (Å²) in [5, 5.41) is 20.6. The number of hydrogen-bond acceptors (Lipinski definition) is 4. The van der Waals surface area contributed by atoms with Crippen molar-refractivity contribution in [1.82, 2.24) is 24.8 Å². The van der Waals surface area contributed by atoms with Crippen molar-refractivity contribution < 1.29 is 9.90 Å². The number of hydrogen-bond donors (Lipinski definition) is 2. The van der Waals surface area contributed by atoms with E-state index in [0.717, 1.165) is 12.1 Å². The normalized spacial score (nSPS) is 12.6. The fourth-order valence-corrected chi connectivity index (χ4v) is 2.53. The summed E-state index contributed by atoms with van der Waals surface area (Å²) >= 11 is 0. The molecule has 0 fully saturated rings. The van der Waals surface area contributed by atoms with Crippen molar-refractivity contribution in [3.05, 3.63) is 30.2 Å². The zero-order valence-electron chi connectivity index (χ0n) is 13.9. The minimum Gasteiger partial charge on any atom is -0.395 e. The predicted octanol–water partition coefficient (Wildman–Crippen LogP) is 1.84. The van der Waals surface area contributed by atoms with E-state index in [4.69, 9.17) is 5.11 Å². The van der Waals surface area contributed by atoms with E-state index in [9.17, 15) is 4.79 Å². The van der Waals surface area contributed by atoms with Gasteiger partial charge >= 0.3 is 6.03 Å². The van der Waals surface area contributed by atoms with Crippen LogP contribution in [-0.2, 0) is 0 Å². The largest absolute Gasteiger partial charge is 0.395 e. The van der Waals surface area contributed by atoms with Crippen molar-refractivity contribution in [2.45, 2.75) is 33.2 Å². The third-order valence-electron chi connectivity index (χ3n) is 3.71. The number of urea groups is 1. The molecule has 0 saturated heterocycles. The van der Waals surface area contributed by atoms with Gasteiger partial charge in [-0.25, -0.2) is 4.79 Å². The first-order chi connectivity index (χ1) is 11.1. The maximum absolute atomic E-state index is 12.5. The van der Waals surface area contributed by atoms with Crippen LogP contribution in [0.3, 0.4) is 0 Å². The third kappa shape index (κ3) is 3.98. The molecule has 0 bridgehead atoms. The number of aliphatic hydroxyl groups excluding tert-OH is 1. The van der Waals surface area contributed by atoms with E-state index in [0.29, 0.717) is 18.9 Å². The molecular weight excluding hydrogens is 294 g/mol. The minimum atomic E-state index is -0.252. The summed E-state index contributed by atoms with van der Waals surface area (Å²) in [4.78, 5) is 14.1. The zero-order chi connectivity index (χ0) is 16.8. The second kappa shape index (κ2) is 7.92. The van der Waals surface area contributed by atoms with Crippen LogP contribution in [0.5, 0.6) is 0 Å². The van der Waals surface area contributed by atoms with E-state index < -0.39 is 0 Å². The molecular formula is C16H25N5O2. The molecule has 1 atom stereocenters. The Balaban J connectivity index is 2.23. The topological polar surface area (TPSA) is 82.8 Å². The van der Waals surface area contributed by atoms with Crippen molar-refractivity contribution >= 4 is 11.7 Å². The number of amides is 2. The molecule has 0 aliphatic rings. The number of fused-ring (bicyclic) bond motifs is 1. The molecule has 0 aliphatic heterocycles. The molecule has 0 aliphatic carbocycles. The lowest BCUT2D eigenvalue weighted by molar-refractivity contribution is 0.170. The first-order valence-electron chi connectivity index (χ1n) is 8.04. The van der Waals surface area contributed by atoms with Gasteiger partial charge in [0.2, 0.25) is 0 Å². The standard InChI is InChI=1S/C16H25N5O2/c1-4-8-20(10-11-22)16(23)17-14(12(2)3)15-19-18-13-7-5-6-9-21(13)15/h5-7,9,12,14,22H,4,8,10-11H2,1-3H3,(H,17,23). The molecule has 0 saturated carbocycles. The van der Waals surface area contributed by atoms with Crippen LogP contribution in [-0.4, -0.2) is 50.3 Å². The maximum Gasteiger partial charge on any atom is 0.318 e. The lowest BCUT2D eigenvalue weighted by Gasteiger charge is -2.27. The van der Waals surface area contributed by atoms with Crippen molar-refractivity contribution in [3.8, 4) is 0 Å². The maximum atomic E-state index is 12.5. The molecule has 2 heterocycles. The Hall–Kier alpha value is -2.15. The Bertz CT molecular complexity index is 634. The number of carbonyl (C=O) groups excluding carboxylic acids is 1. The van der Waals surface area contributed by atoms with E-state index in [1.54, 1.807) is 4.90 Å². The number of pyridine rings is 1. The van der Waals surface area contributed by atoms with E-state index >= 15 is 0 Å². The fourth-order valence-electron chi connectivity index (χ4n) is 2.53. The van der Waals surface area contributed by atoms with Crippen molar-refractivity contribution in [3.63, 3.8) is 0 Å². The molecule has 2 rings (SSSR count). The summed E-state index contributed by atoms with van der Waals surface area (Å²) in [6, 6.07) is 5.25. The highest BCUT2D eigenvalue weighted by molar-refractivity contribution is 5.74. The second-order valence-corrected chi connectivity index (χ2v) is 5.87. The van der Waals surface area contributed by atoms with E-state index in [-0.39, 0.29) is 24.6 Å². The third-order valence-corrected chi connectivity index (χ3v) is 3.71. The Morgan fingerprint density at radius 2 is 2.13 bits per heavy atom. The summed E-state index contributed by atoms with van der Waals surface area (Å²) in [5.41, 5.74) is 0.753. The van der Waals surface area contributed by atoms with Crippen LogP contribution in [0.2, 0.25) is 0 Å². The van der Waals surface area contributed by atoms with E-state index in [2.05, 4.69) is 15.5 Å². The number of aliphatic hydroxyl groups is 1. The first kappa shape index (κ1) is 17.2. The highest BCUT2D eigenvalue weighted by Gasteiger charge is 2.25. The molecule has 0 spiro atoms. The molecule has 0 aromatic carbocycles. The summed E-state index contributed by atoms with van der Waals surface area (Å²) in [6.07, 6.45) is 2.73. The molecule has 2 aromatic heterocycles. The predicted molar refractivity (Wildman–Crippen MR) is 88.0 cm³/mol. The fraction of sp³-hybridized carbons (Fsp3) is 0.562. The van der Waals surface area contributed by atoms with Crippen molar-refractivity contribution in [2.24, 2.45) is 5.92 Å². The molecule has 0 radical (unpaired) electrons. The van der Waals surface area contributed by atoms with Crippen LogP contribution in [0.4, 0.5) is 4.79 Å². The van der Waals surface area contributed by atoms with E-state index in [1.807, 2.05) is 49.6 Å². The number of aromatic nitrogens is 3. The highest BCUT2D eigenvalue weighted by Crippen LogP contribution is 2.21. The molecule has 7 nitrogen and oxygen atoms in total. The molecule has 23 heavy (non-hydrogen) atoms. The lowest BCUT2D eigenvalue weighted by atomic mass is 10.0. The second-order valence-electron chi connectivity index (χ2n) is 5.87. The Labute approximate surface area is 136 Å². The van der Waals surface area contributed by atoms with Gasteiger partial charge in [-0.3, -0.25) is 4.40 Å². The Morgan fingerprint density at radius 1 is 1.35 bits per heavy atom. The van der Waals surface area contributed by atoms with Gasteiger partial charge in [-0.15, -0.1) is 10.2 Å². The first-order valence-corrected chi connectivity index (χ1v) is 8.04. The summed E-state index contributed by atoms with van der Waals surface area (Å²) < 4.78 is 1.89. The summed E-state index contributed by atoms with van der Waals surface area (Å²) in [5.74, 6) is 0.869. The molecule has 2 amide bonds. The van der Waals surface area contributed by atoms with Gasteiger partial charge in [0, 0.05) is 19.3 Å². The minimum absolute atomic E-state index is 0.0480. The van der Waals surface area contributed by atoms with Gasteiger partial charge in [-0.2, -0.15) is 0 Å². The Morgan fingerprint density at radius 3 is 2.78 bits per heavy atom. The molecule has 1 unspecified atom stereocenters. The van der Waals surface area contributed by atoms with Gasteiger partial charge in [0.15, 0.2) is 11.5 Å². The highest BCUT2D eigenvalue weighted by atomic mass is 16.3. The van der Waals surface area contributed by atoms with Crippen LogP contribution < -0.4 is 5.32 Å². The number of nitrogens with zero attached hydrogens (tertiary/aromatic N) is 4. The zero-order valence-corrected chi connectivity index (χ0v) is 13.9. The number of rotatable bonds is 7. The van der Waals surface area contributed by atoms with Gasteiger partial charge in [-0.1, -0.05) is 26.8 Å². The number of nitrogens with one attached hydrogen (secondary N) is 1. The molecule has 2 aromatic rings. The average molecular weight is 319 g/mol. The SMILES string of the molecule is CCCN(CCO)C(=O)NC(c1nnc2ccccn12)C(C)C. The van der Waals surface area contributed by atoms with Crippen LogP contribution in [0.25, 0.3) is 5.65 Å². The quantitative estimate of drug-likeness (QED) is 0.816. The Kier molecular flexibility index (Phi) is 5.92. The summed E-state index contributed by atoms with van der Waals surface area (Å²) in [7, 11) is 0.